The van der Waals surface area contributed by atoms with Gasteiger partial charge in [0.05, 0.1) is 12.7 Å². The quantitative estimate of drug-likeness (QED) is 0.896. The molecule has 1 aromatic heterocycles. The van der Waals surface area contributed by atoms with Gasteiger partial charge < -0.3 is 16.0 Å². The fourth-order valence-corrected chi connectivity index (χ4v) is 2.02. The van der Waals surface area contributed by atoms with Gasteiger partial charge in [-0.2, -0.15) is 5.10 Å². The number of aryl methyl sites for hydroxylation is 2. The van der Waals surface area contributed by atoms with Crippen molar-refractivity contribution in [1.82, 2.24) is 14.7 Å². The molecule has 0 aliphatic rings. The van der Waals surface area contributed by atoms with E-state index in [9.17, 15) is 9.59 Å². The van der Waals surface area contributed by atoms with E-state index in [0.717, 1.165) is 11.1 Å². The van der Waals surface area contributed by atoms with Crippen molar-refractivity contribution in [2.45, 2.75) is 13.5 Å². The number of hydrogen-bond acceptors (Lipinski definition) is 3. The minimum absolute atomic E-state index is 0.270. The highest BCUT2D eigenvalue weighted by Gasteiger charge is 2.12. The van der Waals surface area contributed by atoms with E-state index in [2.05, 4.69) is 10.4 Å². The molecule has 2 rings (SSSR count). The number of amides is 3. The van der Waals surface area contributed by atoms with Crippen LogP contribution in [0.15, 0.2) is 30.6 Å². The van der Waals surface area contributed by atoms with Crippen LogP contribution in [0.25, 0.3) is 0 Å². The lowest BCUT2D eigenvalue weighted by Crippen LogP contribution is -2.31. The Balaban J connectivity index is 2.07. The number of benzene rings is 1. The Labute approximate surface area is 128 Å². The molecule has 0 saturated carbocycles. The molecule has 0 atom stereocenters. The first-order valence-electron chi connectivity index (χ1n) is 6.77. The van der Waals surface area contributed by atoms with Gasteiger partial charge in [-0.25, -0.2) is 4.79 Å². The fraction of sp³-hybridized carbons (Fsp3) is 0.267. The number of hydrogen-bond donors (Lipinski definition) is 2. The van der Waals surface area contributed by atoms with E-state index < -0.39 is 5.91 Å². The lowest BCUT2D eigenvalue weighted by Gasteiger charge is -2.18. The molecular weight excluding hydrogens is 282 g/mol. The first-order chi connectivity index (χ1) is 10.4. The van der Waals surface area contributed by atoms with Gasteiger partial charge in [0.2, 0.25) is 5.91 Å². The highest BCUT2D eigenvalue weighted by atomic mass is 16.2. The number of primary amides is 1. The molecule has 1 heterocycles. The third-order valence-electron chi connectivity index (χ3n) is 3.29. The van der Waals surface area contributed by atoms with Crippen molar-refractivity contribution in [1.29, 1.82) is 0 Å². The Morgan fingerprint density at radius 3 is 2.73 bits per heavy atom. The summed E-state index contributed by atoms with van der Waals surface area (Å²) in [5, 5.41) is 6.85. The van der Waals surface area contributed by atoms with Crippen LogP contribution in [0, 0.1) is 6.92 Å². The highest BCUT2D eigenvalue weighted by Crippen LogP contribution is 2.17. The summed E-state index contributed by atoms with van der Waals surface area (Å²) in [6, 6.07) is 4.69. The van der Waals surface area contributed by atoms with Gasteiger partial charge in [-0.05, 0) is 24.6 Å². The van der Waals surface area contributed by atoms with Crippen LogP contribution in [-0.4, -0.2) is 33.7 Å². The maximum atomic E-state index is 12.2. The molecule has 0 spiro atoms. The zero-order valence-corrected chi connectivity index (χ0v) is 12.8. The third kappa shape index (κ3) is 3.63. The lowest BCUT2D eigenvalue weighted by molar-refractivity contribution is 0.1000. The molecule has 0 unspecified atom stereocenters. The molecule has 0 fully saturated rings. The molecule has 0 radical (unpaired) electrons. The number of anilines is 1. The van der Waals surface area contributed by atoms with Crippen LogP contribution < -0.4 is 11.1 Å². The first-order valence-corrected chi connectivity index (χ1v) is 6.77. The monoisotopic (exact) mass is 301 g/mol. The van der Waals surface area contributed by atoms with Crippen molar-refractivity contribution in [3.8, 4) is 0 Å². The molecule has 7 heteroatoms. The van der Waals surface area contributed by atoms with Gasteiger partial charge in [-0.3, -0.25) is 9.48 Å². The van der Waals surface area contributed by atoms with Crippen molar-refractivity contribution in [3.05, 3.63) is 47.3 Å². The molecule has 0 aliphatic heterocycles. The zero-order chi connectivity index (χ0) is 16.3. The minimum atomic E-state index is -0.529. The summed E-state index contributed by atoms with van der Waals surface area (Å²) in [5.74, 6) is -0.529. The van der Waals surface area contributed by atoms with Crippen LogP contribution in [0.2, 0.25) is 0 Å². The first kappa shape index (κ1) is 15.6. The summed E-state index contributed by atoms with van der Waals surface area (Å²) < 4.78 is 1.68. The summed E-state index contributed by atoms with van der Waals surface area (Å²) in [4.78, 5) is 25.0. The van der Waals surface area contributed by atoms with Crippen LogP contribution in [0.4, 0.5) is 10.5 Å². The topological polar surface area (TPSA) is 93.2 Å². The Kier molecular flexibility index (Phi) is 4.45. The zero-order valence-electron chi connectivity index (χ0n) is 12.8. The third-order valence-corrected chi connectivity index (χ3v) is 3.29. The van der Waals surface area contributed by atoms with Gasteiger partial charge in [0, 0.05) is 37.1 Å². The van der Waals surface area contributed by atoms with Crippen molar-refractivity contribution in [2.24, 2.45) is 12.8 Å². The maximum absolute atomic E-state index is 12.2. The number of carbonyl (C=O) groups is 2. The van der Waals surface area contributed by atoms with Gasteiger partial charge in [0.1, 0.15) is 0 Å². The van der Waals surface area contributed by atoms with Crippen molar-refractivity contribution in [2.75, 3.05) is 12.4 Å². The Bertz CT molecular complexity index is 708. The summed E-state index contributed by atoms with van der Waals surface area (Å²) in [5.41, 5.74) is 7.97. The summed E-state index contributed by atoms with van der Waals surface area (Å²) in [6.07, 6.45) is 3.56. The van der Waals surface area contributed by atoms with Gasteiger partial charge in [0.15, 0.2) is 0 Å². The van der Waals surface area contributed by atoms with Gasteiger partial charge in [-0.15, -0.1) is 0 Å². The lowest BCUT2D eigenvalue weighted by atomic mass is 10.1. The summed E-state index contributed by atoms with van der Waals surface area (Å²) in [6.45, 7) is 2.29. The van der Waals surface area contributed by atoms with Gasteiger partial charge >= 0.3 is 6.03 Å². The van der Waals surface area contributed by atoms with E-state index in [1.165, 1.54) is 4.90 Å². The number of aromatic nitrogens is 2. The van der Waals surface area contributed by atoms with E-state index in [1.807, 2.05) is 20.2 Å². The second-order valence-electron chi connectivity index (χ2n) is 5.20. The van der Waals surface area contributed by atoms with E-state index in [4.69, 9.17) is 5.73 Å². The normalized spacial score (nSPS) is 10.3. The van der Waals surface area contributed by atoms with Gasteiger partial charge in [0.25, 0.3) is 0 Å². The number of nitrogens with one attached hydrogen (secondary N) is 1. The maximum Gasteiger partial charge on any atom is 0.321 e. The minimum Gasteiger partial charge on any atom is -0.366 e. The number of carbonyl (C=O) groups excluding carboxylic acids is 2. The van der Waals surface area contributed by atoms with Crippen LogP contribution in [0.3, 0.4) is 0 Å². The Morgan fingerprint density at radius 2 is 2.14 bits per heavy atom. The second kappa shape index (κ2) is 6.30. The molecule has 22 heavy (non-hydrogen) atoms. The molecule has 3 amide bonds. The van der Waals surface area contributed by atoms with Crippen molar-refractivity contribution >= 4 is 17.6 Å². The molecule has 116 valence electrons. The van der Waals surface area contributed by atoms with Crippen LogP contribution in [-0.2, 0) is 13.6 Å². The largest absolute Gasteiger partial charge is 0.366 e. The van der Waals surface area contributed by atoms with Crippen molar-refractivity contribution < 1.29 is 9.59 Å². The molecule has 3 N–H and O–H groups in total. The smallest absolute Gasteiger partial charge is 0.321 e. The highest BCUT2D eigenvalue weighted by molar-refractivity contribution is 5.96. The molecule has 7 nitrogen and oxygen atoms in total. The average molecular weight is 301 g/mol. The number of nitrogens with two attached hydrogens (primary N) is 1. The number of rotatable bonds is 4. The van der Waals surface area contributed by atoms with E-state index >= 15 is 0 Å². The molecule has 0 aliphatic carbocycles. The van der Waals surface area contributed by atoms with Crippen molar-refractivity contribution in [3.63, 3.8) is 0 Å². The predicted octanol–water partition coefficient (Wildman–Crippen LogP) is 1.49. The predicted molar refractivity (Wildman–Crippen MR) is 83.4 cm³/mol. The average Bonchev–Trinajstić information content (AvgIpc) is 2.86. The molecule has 0 saturated heterocycles. The molecule has 2 aromatic rings. The SMILES string of the molecule is Cc1ccc(C(N)=O)cc1NC(=O)N(C)Cc1cnn(C)c1. The van der Waals surface area contributed by atoms with E-state index in [0.29, 0.717) is 17.8 Å². The second-order valence-corrected chi connectivity index (χ2v) is 5.20. The van der Waals surface area contributed by atoms with E-state index in [-0.39, 0.29) is 6.03 Å². The fourth-order valence-electron chi connectivity index (χ4n) is 2.02. The van der Waals surface area contributed by atoms with Gasteiger partial charge in [-0.1, -0.05) is 6.07 Å². The van der Waals surface area contributed by atoms with Crippen LogP contribution >= 0.6 is 0 Å². The Morgan fingerprint density at radius 1 is 1.41 bits per heavy atom. The summed E-state index contributed by atoms with van der Waals surface area (Å²) >= 11 is 0. The number of urea groups is 1. The standard InChI is InChI=1S/C15H19N5O2/c1-10-4-5-12(14(16)21)6-13(10)18-15(22)19(2)8-11-7-17-20(3)9-11/h4-7,9H,8H2,1-3H3,(H2,16,21)(H,18,22). The molecule has 0 bridgehead atoms. The number of nitrogens with zero attached hydrogens (tertiary/aromatic N) is 3. The van der Waals surface area contributed by atoms with E-state index in [1.54, 1.807) is 36.1 Å². The molecular formula is C15H19N5O2. The van der Waals surface area contributed by atoms with Crippen LogP contribution in [0.5, 0.6) is 0 Å². The van der Waals surface area contributed by atoms with Crippen LogP contribution in [0.1, 0.15) is 21.5 Å². The Hall–Kier alpha value is -2.83. The summed E-state index contributed by atoms with van der Waals surface area (Å²) in [7, 11) is 3.51. The molecule has 1 aromatic carbocycles.